The molecule has 0 bridgehead atoms. The average molecular weight is 824 g/mol. The van der Waals surface area contributed by atoms with Crippen LogP contribution in [0.15, 0.2) is 115 Å². The van der Waals surface area contributed by atoms with E-state index in [4.69, 9.17) is 51.3 Å². The first-order valence-corrected chi connectivity index (χ1v) is 17.9. The Morgan fingerprint density at radius 2 is 1.08 bits per heavy atom. The molecule has 1 aliphatic heterocycles. The second kappa shape index (κ2) is 19.8. The number of benzene rings is 4. The number of hydrogen-bond donors (Lipinski definition) is 8. The van der Waals surface area contributed by atoms with Crippen LogP contribution in [-0.2, 0) is 20.2 Å². The van der Waals surface area contributed by atoms with Crippen molar-refractivity contribution in [2.75, 3.05) is 6.79 Å². The molecule has 0 spiro atoms. The molecule has 0 atom stereocenters. The monoisotopic (exact) mass is 822 g/mol. The molecule has 18 nitrogen and oxygen atoms in total. The first kappa shape index (κ1) is 42.7. The van der Waals surface area contributed by atoms with E-state index < -0.39 is 32.2 Å². The number of hydrazone groups is 2. The molecule has 0 saturated carbocycles. The summed E-state index contributed by atoms with van der Waals surface area (Å²) >= 11 is 3.29. The summed E-state index contributed by atoms with van der Waals surface area (Å²) in [6.45, 7) is 3.89. The molecule has 52 heavy (non-hydrogen) atoms. The summed E-state index contributed by atoms with van der Waals surface area (Å²) in [7, 11) is -8.04. The maximum Gasteiger partial charge on any atom is 0.294 e. The minimum Gasteiger partial charge on any atom is -0.454 e. The maximum absolute atomic E-state index is 10.5. The van der Waals surface area contributed by atoms with Gasteiger partial charge in [0.25, 0.3) is 20.2 Å². The second-order valence-corrected chi connectivity index (χ2v) is 13.8. The van der Waals surface area contributed by atoms with Crippen molar-refractivity contribution in [1.29, 1.82) is 10.8 Å². The summed E-state index contributed by atoms with van der Waals surface area (Å²) in [5.41, 5.74) is 13.4. The van der Waals surface area contributed by atoms with Gasteiger partial charge in [-0.3, -0.25) is 30.3 Å². The third kappa shape index (κ3) is 15.6. The van der Waals surface area contributed by atoms with E-state index in [1.54, 1.807) is 42.5 Å². The van der Waals surface area contributed by atoms with Crippen LogP contribution in [0.2, 0.25) is 0 Å². The van der Waals surface area contributed by atoms with Gasteiger partial charge in [-0.1, -0.05) is 63.5 Å². The van der Waals surface area contributed by atoms with E-state index >= 15 is 0 Å². The fourth-order valence-electron chi connectivity index (χ4n) is 3.33. The number of aryl methyl sites for hydroxylation is 2. The van der Waals surface area contributed by atoms with Crippen LogP contribution in [0.3, 0.4) is 0 Å². The molecule has 0 aromatic heterocycles. The minimum absolute atomic E-state index is 0.0666. The summed E-state index contributed by atoms with van der Waals surface area (Å²) in [5, 5.41) is 39.3. The Morgan fingerprint density at radius 3 is 1.48 bits per heavy atom. The Morgan fingerprint density at radius 1 is 0.692 bits per heavy atom. The van der Waals surface area contributed by atoms with E-state index in [-0.39, 0.29) is 21.8 Å². The van der Waals surface area contributed by atoms with Gasteiger partial charge < -0.3 is 20.9 Å². The highest BCUT2D eigenvalue weighted by atomic mass is 79.9. The van der Waals surface area contributed by atoms with Crippen LogP contribution in [0.5, 0.6) is 11.5 Å². The molecular weight excluding hydrogens is 788 g/mol. The lowest BCUT2D eigenvalue weighted by Gasteiger charge is -2.05. The molecule has 0 radical (unpaired) electrons. The van der Waals surface area contributed by atoms with Crippen molar-refractivity contribution in [2.45, 2.75) is 23.6 Å². The fraction of sp³-hybridized carbons (Fsp3) is 0.0968. The van der Waals surface area contributed by atoms with Crippen molar-refractivity contribution in [3.8, 4) is 11.5 Å². The largest absolute Gasteiger partial charge is 0.454 e. The molecule has 10 N–H and O–H groups in total. The molecule has 4 aromatic carbocycles. The predicted molar refractivity (Wildman–Crippen MR) is 195 cm³/mol. The van der Waals surface area contributed by atoms with Crippen molar-refractivity contribution >= 4 is 60.5 Å². The molecule has 4 aromatic rings. The summed E-state index contributed by atoms with van der Waals surface area (Å²) in [6, 6.07) is 24.5. The molecule has 0 unspecified atom stereocenters. The number of halogens is 1. The zero-order valence-electron chi connectivity index (χ0n) is 27.4. The number of ether oxygens (including phenoxy) is 2. The Balaban J connectivity index is 0.000000243. The second-order valence-electron chi connectivity index (χ2n) is 10.1. The number of nitrogens with zero attached hydrogens (tertiary/aromatic N) is 4. The van der Waals surface area contributed by atoms with E-state index in [1.807, 2.05) is 38.1 Å². The Hall–Kier alpha value is -5.42. The lowest BCUT2D eigenvalue weighted by atomic mass is 10.2. The number of nitrogens with one attached hydrogen (secondary N) is 2. The summed E-state index contributed by atoms with van der Waals surface area (Å²) in [6.07, 6.45) is 2.75. The normalized spacial score (nSPS) is 11.7. The van der Waals surface area contributed by atoms with Crippen molar-refractivity contribution < 1.29 is 45.8 Å². The Kier molecular flexibility index (Phi) is 16.3. The van der Waals surface area contributed by atoms with Crippen LogP contribution in [0, 0.1) is 24.7 Å². The van der Waals surface area contributed by atoms with E-state index in [0.717, 1.165) is 21.2 Å². The molecule has 0 saturated heterocycles. The van der Waals surface area contributed by atoms with Crippen molar-refractivity contribution in [1.82, 2.24) is 10.3 Å². The van der Waals surface area contributed by atoms with Crippen LogP contribution in [0.1, 0.15) is 22.3 Å². The Bertz CT molecular complexity index is 2010. The maximum atomic E-state index is 10.5. The van der Waals surface area contributed by atoms with Gasteiger partial charge in [-0.2, -0.15) is 27.0 Å². The van der Waals surface area contributed by atoms with E-state index in [0.29, 0.717) is 22.2 Å². The molecule has 1 heterocycles. The number of rotatable bonds is 6. The van der Waals surface area contributed by atoms with Gasteiger partial charge in [-0.25, -0.2) is 0 Å². The van der Waals surface area contributed by atoms with Crippen LogP contribution in [0.25, 0.3) is 0 Å². The highest BCUT2D eigenvalue weighted by Crippen LogP contribution is 2.32. The van der Waals surface area contributed by atoms with Crippen molar-refractivity contribution in [3.05, 3.63) is 118 Å². The van der Waals surface area contributed by atoms with E-state index in [9.17, 15) is 16.8 Å². The topological polar surface area (TPSA) is 299 Å². The van der Waals surface area contributed by atoms with Crippen LogP contribution in [-0.4, -0.2) is 77.8 Å². The number of nitrogens with two attached hydrogens (primary N) is 2. The van der Waals surface area contributed by atoms with Crippen LogP contribution < -0.4 is 20.9 Å². The molecule has 5 rings (SSSR count). The predicted octanol–water partition coefficient (Wildman–Crippen LogP) is 4.18. The molecule has 1 aliphatic rings. The third-order valence-electron chi connectivity index (χ3n) is 5.97. The lowest BCUT2D eigenvalue weighted by molar-refractivity contribution is -0.0141. The summed E-state index contributed by atoms with van der Waals surface area (Å²) in [4.78, 5) is -0.133. The molecule has 0 fully saturated rings. The van der Waals surface area contributed by atoms with Crippen LogP contribution in [0.4, 0.5) is 0 Å². The zero-order valence-corrected chi connectivity index (χ0v) is 30.6. The number of hydroxylamine groups is 2. The van der Waals surface area contributed by atoms with Gasteiger partial charge in [-0.05, 0) is 79.6 Å². The molecule has 21 heteroatoms. The minimum atomic E-state index is -4.02. The SMILES string of the molecule is Cc1ccc(S(=O)(=O)O)cc1.Cc1ccc(S(=O)(=O)O)cc1.N=C(N)N(O)N=Cc1ccc(Br)cc1.N=C(N)N(O)N=Cc1ccc2c(c1)OCO2. The quantitative estimate of drug-likeness (QED) is 0.0586. The average Bonchev–Trinajstić information content (AvgIpc) is 3.55. The summed E-state index contributed by atoms with van der Waals surface area (Å²) < 4.78 is 70.4. The number of hydrogen-bond acceptors (Lipinski definition) is 12. The van der Waals surface area contributed by atoms with Gasteiger partial charge in [0.05, 0.1) is 22.2 Å². The van der Waals surface area contributed by atoms with Crippen molar-refractivity contribution in [2.24, 2.45) is 21.7 Å². The third-order valence-corrected chi connectivity index (χ3v) is 8.23. The first-order chi connectivity index (χ1) is 24.3. The fourth-order valence-corrected chi connectivity index (χ4v) is 4.55. The smallest absolute Gasteiger partial charge is 0.294 e. The first-order valence-electron chi connectivity index (χ1n) is 14.2. The standard InChI is InChI=1S/C9H10N4O3.C8H9BrN4O.2C7H8O3S/c10-9(11)13(14)12-4-6-1-2-7-8(3-6)16-5-15-7;9-7-3-1-6(2-4-7)5-12-13(14)8(10)11;2*1-6-2-4-7(5-3-6)11(8,9)10/h1-4,14H,5H2,(H3,10,11);1-5,14H,(H3,10,11);2*2-5H,1H3,(H,8,9,10). The lowest BCUT2D eigenvalue weighted by Crippen LogP contribution is -2.28. The summed E-state index contributed by atoms with van der Waals surface area (Å²) in [5.74, 6) is 0.205. The van der Waals surface area contributed by atoms with Gasteiger partial charge in [-0.15, -0.1) is 10.3 Å². The molecular formula is C31H35BrN8O10S2. The van der Waals surface area contributed by atoms with Gasteiger partial charge in [0.2, 0.25) is 18.7 Å². The zero-order chi connectivity index (χ0) is 39.1. The van der Waals surface area contributed by atoms with Gasteiger partial charge in [0.15, 0.2) is 11.5 Å². The van der Waals surface area contributed by atoms with Gasteiger partial charge in [0, 0.05) is 4.47 Å². The Labute approximate surface area is 307 Å². The molecule has 0 aliphatic carbocycles. The van der Waals surface area contributed by atoms with Gasteiger partial charge in [0.1, 0.15) is 0 Å². The molecule has 0 amide bonds. The van der Waals surface area contributed by atoms with E-state index in [2.05, 4.69) is 26.1 Å². The number of guanidine groups is 2. The van der Waals surface area contributed by atoms with Crippen LogP contribution >= 0.6 is 15.9 Å². The van der Waals surface area contributed by atoms with Crippen molar-refractivity contribution in [3.63, 3.8) is 0 Å². The van der Waals surface area contributed by atoms with E-state index in [1.165, 1.54) is 36.7 Å². The highest BCUT2D eigenvalue weighted by molar-refractivity contribution is 9.10. The molecule has 278 valence electrons. The number of fused-ring (bicyclic) bond motifs is 1. The highest BCUT2D eigenvalue weighted by Gasteiger charge is 2.12. The van der Waals surface area contributed by atoms with Gasteiger partial charge >= 0.3 is 0 Å².